The Labute approximate surface area is 205 Å². The van der Waals surface area contributed by atoms with Gasteiger partial charge in [-0.3, -0.25) is 19.0 Å². The fraction of sp³-hybridized carbons (Fsp3) is 0.316. The van der Waals surface area contributed by atoms with E-state index in [4.69, 9.17) is 10.2 Å². The van der Waals surface area contributed by atoms with Gasteiger partial charge in [0.2, 0.25) is 11.6 Å². The van der Waals surface area contributed by atoms with Crippen LogP contribution in [0.4, 0.5) is 0 Å². The summed E-state index contributed by atoms with van der Waals surface area (Å²) in [5.41, 5.74) is 2.68. The highest BCUT2D eigenvalue weighted by Gasteiger charge is 2.21. The summed E-state index contributed by atoms with van der Waals surface area (Å²) in [5.74, 6) is -0.0772. The summed E-state index contributed by atoms with van der Waals surface area (Å²) in [5, 5.41) is 27.4. The summed E-state index contributed by atoms with van der Waals surface area (Å²) < 4.78 is 7.79. The third-order valence-electron chi connectivity index (χ3n) is 4.40. The predicted molar refractivity (Wildman–Crippen MR) is 126 cm³/mol. The summed E-state index contributed by atoms with van der Waals surface area (Å²) in [7, 11) is 3.32. The van der Waals surface area contributed by atoms with Crippen molar-refractivity contribution >= 4 is 50.4 Å². The highest BCUT2D eigenvalue weighted by molar-refractivity contribution is 9.11. The SMILES string of the molecule is Cc1nc(-c2cnn(C)c2C(=O)CO)c(Br)s1.Cc1nsc(-c2cnn(C)c2C(=O)CO)n1. The molecule has 0 aliphatic heterocycles. The van der Waals surface area contributed by atoms with Crippen LogP contribution in [0.2, 0.25) is 0 Å². The number of aryl methyl sites for hydroxylation is 4. The van der Waals surface area contributed by atoms with Crippen molar-refractivity contribution in [2.75, 3.05) is 13.2 Å². The van der Waals surface area contributed by atoms with Gasteiger partial charge in [-0.05, 0) is 41.3 Å². The molecule has 0 aliphatic rings. The van der Waals surface area contributed by atoms with Crippen molar-refractivity contribution in [1.82, 2.24) is 33.9 Å². The zero-order chi connectivity index (χ0) is 24.3. The fourth-order valence-electron chi connectivity index (χ4n) is 2.99. The number of ketones is 2. The minimum atomic E-state index is -0.537. The molecule has 4 heterocycles. The first kappa shape index (κ1) is 25.0. The third-order valence-corrected chi connectivity index (χ3v) is 6.86. The number of Topliss-reactive ketones (excluding diaryl/α,β-unsaturated/α-hetero) is 2. The molecule has 4 rings (SSSR count). The van der Waals surface area contributed by atoms with E-state index in [9.17, 15) is 9.59 Å². The van der Waals surface area contributed by atoms with Crippen LogP contribution in [-0.4, -0.2) is 68.9 Å². The third kappa shape index (κ3) is 5.30. The highest BCUT2D eigenvalue weighted by Crippen LogP contribution is 2.34. The molecular formula is C19H20BrN7O4S2. The molecule has 0 fully saturated rings. The molecule has 0 aromatic carbocycles. The lowest BCUT2D eigenvalue weighted by atomic mass is 10.1. The second-order valence-electron chi connectivity index (χ2n) is 6.73. The summed E-state index contributed by atoms with van der Waals surface area (Å²) in [6.45, 7) is 2.60. The molecule has 0 unspecified atom stereocenters. The van der Waals surface area contributed by atoms with Crippen LogP contribution >= 0.6 is 38.8 Å². The van der Waals surface area contributed by atoms with Crippen molar-refractivity contribution in [3.63, 3.8) is 0 Å². The van der Waals surface area contributed by atoms with E-state index in [2.05, 4.69) is 40.5 Å². The largest absolute Gasteiger partial charge is 0.388 e. The molecule has 4 aromatic rings. The molecule has 0 saturated heterocycles. The maximum Gasteiger partial charge on any atom is 0.206 e. The summed E-state index contributed by atoms with van der Waals surface area (Å²) in [6.07, 6.45) is 3.14. The van der Waals surface area contributed by atoms with E-state index in [1.807, 2.05) is 6.92 Å². The maximum absolute atomic E-state index is 11.7. The zero-order valence-corrected chi connectivity index (χ0v) is 21.3. The second-order valence-corrected chi connectivity index (χ2v) is 10.00. The van der Waals surface area contributed by atoms with Crippen LogP contribution in [0.3, 0.4) is 0 Å². The van der Waals surface area contributed by atoms with Crippen molar-refractivity contribution < 1.29 is 19.8 Å². The van der Waals surface area contributed by atoms with Gasteiger partial charge < -0.3 is 10.2 Å². The number of thiazole rings is 1. The van der Waals surface area contributed by atoms with Gasteiger partial charge in [0.1, 0.15) is 35.4 Å². The number of nitrogens with zero attached hydrogens (tertiary/aromatic N) is 7. The molecule has 4 aromatic heterocycles. The van der Waals surface area contributed by atoms with Gasteiger partial charge in [0.15, 0.2) is 0 Å². The Morgan fingerprint density at radius 1 is 0.970 bits per heavy atom. The molecule has 0 aliphatic carbocycles. The number of aromatic nitrogens is 7. The number of halogens is 1. The average molecular weight is 554 g/mol. The quantitative estimate of drug-likeness (QED) is 0.342. The van der Waals surface area contributed by atoms with E-state index in [1.165, 1.54) is 32.2 Å². The lowest BCUT2D eigenvalue weighted by Gasteiger charge is -2.01. The van der Waals surface area contributed by atoms with Crippen LogP contribution in [-0.2, 0) is 14.1 Å². The first-order valence-electron chi connectivity index (χ1n) is 9.44. The van der Waals surface area contributed by atoms with E-state index < -0.39 is 13.2 Å². The smallest absolute Gasteiger partial charge is 0.206 e. The van der Waals surface area contributed by atoms with Crippen molar-refractivity contribution in [2.24, 2.45) is 14.1 Å². The molecule has 0 amide bonds. The molecule has 0 atom stereocenters. The van der Waals surface area contributed by atoms with Crippen LogP contribution in [0, 0.1) is 13.8 Å². The maximum atomic E-state index is 11.7. The number of rotatable bonds is 6. The van der Waals surface area contributed by atoms with E-state index in [-0.39, 0.29) is 11.6 Å². The van der Waals surface area contributed by atoms with E-state index >= 15 is 0 Å². The van der Waals surface area contributed by atoms with Crippen LogP contribution in [0.25, 0.3) is 21.8 Å². The van der Waals surface area contributed by atoms with Crippen LogP contribution < -0.4 is 0 Å². The fourth-order valence-corrected chi connectivity index (χ4v) is 5.32. The number of carbonyl (C=O) groups is 2. The molecule has 0 bridgehead atoms. The van der Waals surface area contributed by atoms with Crippen LogP contribution in [0.5, 0.6) is 0 Å². The van der Waals surface area contributed by atoms with Gasteiger partial charge >= 0.3 is 0 Å². The highest BCUT2D eigenvalue weighted by atomic mass is 79.9. The Morgan fingerprint density at radius 2 is 1.52 bits per heavy atom. The van der Waals surface area contributed by atoms with Gasteiger partial charge in [-0.1, -0.05) is 0 Å². The molecule has 0 saturated carbocycles. The summed E-state index contributed by atoms with van der Waals surface area (Å²) >= 11 is 6.12. The molecule has 0 radical (unpaired) electrons. The minimum absolute atomic E-state index is 0.360. The van der Waals surface area contributed by atoms with Gasteiger partial charge in [0.05, 0.1) is 38.0 Å². The van der Waals surface area contributed by atoms with Crippen molar-refractivity contribution in [3.8, 4) is 21.8 Å². The Balaban J connectivity index is 0.000000186. The first-order valence-corrected chi connectivity index (χ1v) is 11.8. The Kier molecular flexibility index (Phi) is 7.97. The lowest BCUT2D eigenvalue weighted by Crippen LogP contribution is -2.11. The van der Waals surface area contributed by atoms with E-state index in [1.54, 1.807) is 33.4 Å². The number of aliphatic hydroxyl groups excluding tert-OH is 2. The van der Waals surface area contributed by atoms with Crippen LogP contribution in [0.1, 0.15) is 31.8 Å². The molecular weight excluding hydrogens is 534 g/mol. The molecule has 11 nitrogen and oxygen atoms in total. The molecule has 174 valence electrons. The minimum Gasteiger partial charge on any atom is -0.388 e. The monoisotopic (exact) mass is 553 g/mol. The topological polar surface area (TPSA) is 149 Å². The standard InChI is InChI=1S/C10H10BrN3O2S.C9H10N4O2S/c1-5-13-8(10(11)17-5)6-3-12-14(2)9(6)7(16)4-15;1-5-11-9(16-12-5)6-3-10-13(2)8(6)7(15)4-14/h3,15H,4H2,1-2H3;3,14H,4H2,1-2H3. The van der Waals surface area contributed by atoms with Gasteiger partial charge in [-0.15, -0.1) is 11.3 Å². The lowest BCUT2D eigenvalue weighted by molar-refractivity contribution is 0.0889. The van der Waals surface area contributed by atoms with Gasteiger partial charge in [-0.25, -0.2) is 9.97 Å². The Morgan fingerprint density at radius 3 is 1.97 bits per heavy atom. The second kappa shape index (κ2) is 10.5. The van der Waals surface area contributed by atoms with Gasteiger partial charge in [-0.2, -0.15) is 14.6 Å². The Hall–Kier alpha value is -2.65. The van der Waals surface area contributed by atoms with Crippen molar-refractivity contribution in [1.29, 1.82) is 0 Å². The molecule has 14 heteroatoms. The Bertz CT molecular complexity index is 1310. The number of carbonyl (C=O) groups excluding carboxylic acids is 2. The summed E-state index contributed by atoms with van der Waals surface area (Å²) in [6, 6.07) is 0. The number of hydrogen-bond donors (Lipinski definition) is 2. The average Bonchev–Trinajstić information content (AvgIpc) is 3.54. The van der Waals surface area contributed by atoms with Crippen LogP contribution in [0.15, 0.2) is 16.2 Å². The van der Waals surface area contributed by atoms with Crippen molar-refractivity contribution in [3.05, 3.63) is 38.4 Å². The van der Waals surface area contributed by atoms with Crippen molar-refractivity contribution in [2.45, 2.75) is 13.8 Å². The number of aliphatic hydroxyl groups is 2. The normalized spacial score (nSPS) is 10.8. The van der Waals surface area contributed by atoms with Gasteiger partial charge in [0.25, 0.3) is 0 Å². The van der Waals surface area contributed by atoms with E-state index in [0.29, 0.717) is 39.0 Å². The molecule has 0 spiro atoms. The predicted octanol–water partition coefficient (Wildman–Crippen LogP) is 2.21. The molecule has 33 heavy (non-hydrogen) atoms. The van der Waals surface area contributed by atoms with Gasteiger partial charge in [0, 0.05) is 14.1 Å². The number of hydrogen-bond acceptors (Lipinski definition) is 11. The summed E-state index contributed by atoms with van der Waals surface area (Å²) in [4.78, 5) is 31.7. The van der Waals surface area contributed by atoms with E-state index in [0.717, 1.165) is 8.79 Å². The zero-order valence-electron chi connectivity index (χ0n) is 18.1. The first-order chi connectivity index (χ1) is 15.7. The molecule has 2 N–H and O–H groups in total.